The molecule has 2 amide bonds. The number of amides is 2. The summed E-state index contributed by atoms with van der Waals surface area (Å²) in [5, 5.41) is 4.75. The monoisotopic (exact) mass is 615 g/mol. The highest BCUT2D eigenvalue weighted by Crippen LogP contribution is 2.38. The molecule has 12 heteroatoms. The molecule has 0 saturated carbocycles. The Balaban J connectivity index is 1.64. The first-order valence-corrected chi connectivity index (χ1v) is 14.4. The number of carbonyl (C=O) groups excluding carboxylic acids is 2. The van der Waals surface area contributed by atoms with Crippen LogP contribution < -0.4 is 14.9 Å². The second-order valence-electron chi connectivity index (χ2n) is 9.19. The Kier molecular flexibility index (Phi) is 9.23. The van der Waals surface area contributed by atoms with Gasteiger partial charge in [0.1, 0.15) is 6.54 Å². The van der Waals surface area contributed by atoms with Gasteiger partial charge in [-0.2, -0.15) is 13.2 Å². The van der Waals surface area contributed by atoms with Crippen LogP contribution in [0.25, 0.3) is 0 Å². The van der Waals surface area contributed by atoms with Crippen molar-refractivity contribution in [2.45, 2.75) is 24.0 Å². The molecule has 0 unspecified atom stereocenters. The molecule has 0 bridgehead atoms. The van der Waals surface area contributed by atoms with Crippen molar-refractivity contribution in [3.8, 4) is 0 Å². The molecule has 0 aromatic heterocycles. The molecule has 0 aliphatic rings. The van der Waals surface area contributed by atoms with E-state index in [2.05, 4.69) is 10.6 Å². The van der Waals surface area contributed by atoms with Crippen LogP contribution in [0.2, 0.25) is 5.02 Å². The third-order valence-corrected chi connectivity index (χ3v) is 8.37. The second kappa shape index (κ2) is 12.7. The lowest BCUT2D eigenvalue weighted by molar-refractivity contribution is -0.137. The summed E-state index contributed by atoms with van der Waals surface area (Å²) in [6.45, 7) is 0.897. The summed E-state index contributed by atoms with van der Waals surface area (Å²) in [5.41, 5.74) is -0.630. The van der Waals surface area contributed by atoms with Crippen molar-refractivity contribution in [1.82, 2.24) is 5.32 Å². The molecule has 42 heavy (non-hydrogen) atoms. The third kappa shape index (κ3) is 7.10. The minimum atomic E-state index is -4.87. The van der Waals surface area contributed by atoms with Crippen molar-refractivity contribution in [1.29, 1.82) is 0 Å². The molecule has 218 valence electrons. The van der Waals surface area contributed by atoms with Crippen molar-refractivity contribution >= 4 is 44.8 Å². The van der Waals surface area contributed by atoms with E-state index in [1.807, 2.05) is 30.3 Å². The Bertz CT molecular complexity index is 1690. The van der Waals surface area contributed by atoms with Crippen LogP contribution in [0.5, 0.6) is 0 Å². The highest BCUT2D eigenvalue weighted by molar-refractivity contribution is 7.92. The van der Waals surface area contributed by atoms with Gasteiger partial charge >= 0.3 is 6.18 Å². The summed E-state index contributed by atoms with van der Waals surface area (Å²) in [7, 11) is -4.51. The summed E-state index contributed by atoms with van der Waals surface area (Å²) in [5.74, 6) is -1.39. The second-order valence-corrected chi connectivity index (χ2v) is 11.5. The zero-order valence-electron chi connectivity index (χ0n) is 22.1. The number of benzene rings is 4. The Morgan fingerprint density at radius 1 is 0.881 bits per heavy atom. The number of halogens is 4. The predicted molar refractivity (Wildman–Crippen MR) is 155 cm³/mol. The first-order chi connectivity index (χ1) is 19.9. The molecule has 0 radical (unpaired) electrons. The first kappa shape index (κ1) is 30.6. The van der Waals surface area contributed by atoms with Crippen LogP contribution in [0.1, 0.15) is 34.5 Å². The van der Waals surface area contributed by atoms with Gasteiger partial charge in [0.2, 0.25) is 5.91 Å². The molecule has 0 fully saturated rings. The van der Waals surface area contributed by atoms with E-state index in [1.165, 1.54) is 36.4 Å². The van der Waals surface area contributed by atoms with Gasteiger partial charge in [0, 0.05) is 0 Å². The van der Waals surface area contributed by atoms with Gasteiger partial charge in [0.25, 0.3) is 15.9 Å². The fraction of sp³-hybridized carbons (Fsp3) is 0.133. The van der Waals surface area contributed by atoms with Crippen molar-refractivity contribution in [3.05, 3.63) is 125 Å². The molecular weight excluding hydrogens is 591 g/mol. The number of rotatable bonds is 9. The van der Waals surface area contributed by atoms with E-state index >= 15 is 0 Å². The standard InChI is InChI=1S/C30H25ClF3N3O4S/c1-20(21-10-4-2-5-11-21)35-29(39)24-14-8-9-15-27(24)36-28(38)19-37(42(40,41)23-12-6-3-7-13-23)22-16-17-26(31)25(18-22)30(32,33)34/h2-18,20H,19H2,1H3,(H,35,39)(H,36,38)/t20-/m1/s1. The summed E-state index contributed by atoms with van der Waals surface area (Å²) in [6, 6.07) is 24.5. The fourth-order valence-electron chi connectivity index (χ4n) is 4.13. The summed E-state index contributed by atoms with van der Waals surface area (Å²) in [6.07, 6.45) is -4.87. The Labute approximate surface area is 246 Å². The largest absolute Gasteiger partial charge is 0.417 e. The highest BCUT2D eigenvalue weighted by atomic mass is 35.5. The summed E-state index contributed by atoms with van der Waals surface area (Å²) in [4.78, 5) is 26.1. The van der Waals surface area contributed by atoms with Crippen LogP contribution in [0.3, 0.4) is 0 Å². The van der Waals surface area contributed by atoms with E-state index in [4.69, 9.17) is 11.6 Å². The number of sulfonamides is 1. The fourth-order valence-corrected chi connectivity index (χ4v) is 5.79. The van der Waals surface area contributed by atoms with Crippen LogP contribution in [0.15, 0.2) is 108 Å². The van der Waals surface area contributed by atoms with E-state index < -0.39 is 50.8 Å². The quantitative estimate of drug-likeness (QED) is 0.219. The van der Waals surface area contributed by atoms with E-state index in [-0.39, 0.29) is 22.2 Å². The van der Waals surface area contributed by atoms with Gasteiger partial charge < -0.3 is 10.6 Å². The SMILES string of the molecule is C[C@@H](NC(=O)c1ccccc1NC(=O)CN(c1ccc(Cl)c(C(F)(F)F)c1)S(=O)(=O)c1ccccc1)c1ccccc1. The number of anilines is 2. The molecular formula is C30H25ClF3N3O4S. The maximum atomic E-state index is 13.6. The zero-order chi connectivity index (χ0) is 30.5. The number of alkyl halides is 3. The summed E-state index contributed by atoms with van der Waals surface area (Å²) >= 11 is 5.75. The molecule has 0 saturated heterocycles. The Morgan fingerprint density at radius 2 is 1.48 bits per heavy atom. The molecule has 0 heterocycles. The van der Waals surface area contributed by atoms with Crippen LogP contribution in [0, 0.1) is 0 Å². The number of hydrogen-bond donors (Lipinski definition) is 2. The normalized spacial score (nSPS) is 12.3. The summed E-state index contributed by atoms with van der Waals surface area (Å²) < 4.78 is 68.5. The Hall–Kier alpha value is -4.35. The molecule has 4 aromatic rings. The van der Waals surface area contributed by atoms with Gasteiger partial charge in [-0.05, 0) is 55.0 Å². The van der Waals surface area contributed by atoms with Crippen molar-refractivity contribution < 1.29 is 31.2 Å². The van der Waals surface area contributed by atoms with Crippen LogP contribution in [-0.2, 0) is 21.0 Å². The smallest absolute Gasteiger partial charge is 0.345 e. The molecule has 7 nitrogen and oxygen atoms in total. The van der Waals surface area contributed by atoms with E-state index in [0.29, 0.717) is 10.4 Å². The zero-order valence-corrected chi connectivity index (χ0v) is 23.7. The van der Waals surface area contributed by atoms with Crippen molar-refractivity contribution in [2.24, 2.45) is 0 Å². The molecule has 1 atom stereocenters. The van der Waals surface area contributed by atoms with Crippen LogP contribution >= 0.6 is 11.6 Å². The minimum Gasteiger partial charge on any atom is -0.345 e. The minimum absolute atomic E-state index is 0.0874. The van der Waals surface area contributed by atoms with Crippen LogP contribution in [-0.4, -0.2) is 26.8 Å². The van der Waals surface area contributed by atoms with Crippen molar-refractivity contribution in [2.75, 3.05) is 16.2 Å². The lowest BCUT2D eigenvalue weighted by Gasteiger charge is -2.25. The maximum Gasteiger partial charge on any atom is 0.417 e. The number of carbonyl (C=O) groups is 2. The average molecular weight is 616 g/mol. The average Bonchev–Trinajstić information content (AvgIpc) is 2.97. The molecule has 0 aliphatic heterocycles. The van der Waals surface area contributed by atoms with E-state index in [0.717, 1.165) is 17.7 Å². The van der Waals surface area contributed by atoms with Gasteiger partial charge in [0.15, 0.2) is 0 Å². The van der Waals surface area contributed by atoms with Gasteiger partial charge in [-0.1, -0.05) is 72.3 Å². The van der Waals surface area contributed by atoms with E-state index in [1.54, 1.807) is 25.1 Å². The van der Waals surface area contributed by atoms with Crippen molar-refractivity contribution in [3.63, 3.8) is 0 Å². The van der Waals surface area contributed by atoms with Gasteiger partial charge in [0.05, 0.1) is 38.5 Å². The molecule has 0 spiro atoms. The van der Waals surface area contributed by atoms with Gasteiger partial charge in [-0.15, -0.1) is 0 Å². The number of nitrogens with one attached hydrogen (secondary N) is 2. The van der Waals surface area contributed by atoms with Crippen LogP contribution in [0.4, 0.5) is 24.5 Å². The Morgan fingerprint density at radius 3 is 2.12 bits per heavy atom. The van der Waals surface area contributed by atoms with E-state index in [9.17, 15) is 31.2 Å². The topological polar surface area (TPSA) is 95.6 Å². The first-order valence-electron chi connectivity index (χ1n) is 12.6. The molecule has 4 aromatic carbocycles. The number of nitrogens with zero attached hydrogens (tertiary/aromatic N) is 1. The number of hydrogen-bond acceptors (Lipinski definition) is 4. The number of para-hydroxylation sites is 1. The molecule has 0 aliphatic carbocycles. The highest BCUT2D eigenvalue weighted by Gasteiger charge is 2.35. The predicted octanol–water partition coefficient (Wildman–Crippen LogP) is 6.68. The lowest BCUT2D eigenvalue weighted by Crippen LogP contribution is -2.38. The lowest BCUT2D eigenvalue weighted by atomic mass is 10.1. The molecule has 4 rings (SSSR count). The third-order valence-electron chi connectivity index (χ3n) is 6.25. The van der Waals surface area contributed by atoms with Gasteiger partial charge in [-0.3, -0.25) is 13.9 Å². The van der Waals surface area contributed by atoms with Gasteiger partial charge in [-0.25, -0.2) is 8.42 Å². The molecule has 2 N–H and O–H groups in total. The maximum absolute atomic E-state index is 13.6.